The number of rotatable bonds is 10. The topological polar surface area (TPSA) is 9.23 Å². The minimum absolute atomic E-state index is 0.104. The van der Waals surface area contributed by atoms with Crippen LogP contribution in [0.5, 0.6) is 5.75 Å². The Labute approximate surface area is 219 Å². The van der Waals surface area contributed by atoms with Crippen molar-refractivity contribution in [3.8, 4) is 28.0 Å². The Balaban J connectivity index is 1.35. The molecule has 1 fully saturated rings. The van der Waals surface area contributed by atoms with Gasteiger partial charge in [-0.05, 0) is 92.2 Å². The monoisotopic (exact) mass is 506 g/mol. The molecule has 4 rings (SSSR count). The summed E-state index contributed by atoms with van der Waals surface area (Å²) in [5, 5.41) is 0. The lowest BCUT2D eigenvalue weighted by molar-refractivity contribution is 0.294. The second-order valence-electron chi connectivity index (χ2n) is 10.1. The molecule has 0 bridgehead atoms. The van der Waals surface area contributed by atoms with Crippen molar-refractivity contribution in [1.82, 2.24) is 0 Å². The summed E-state index contributed by atoms with van der Waals surface area (Å²) >= 11 is 0. The first-order valence-electron chi connectivity index (χ1n) is 13.7. The van der Waals surface area contributed by atoms with Crippen LogP contribution >= 0.6 is 0 Å². The molecule has 3 aromatic carbocycles. The summed E-state index contributed by atoms with van der Waals surface area (Å²) in [5.41, 5.74) is 2.82. The van der Waals surface area contributed by atoms with E-state index >= 15 is 0 Å². The summed E-state index contributed by atoms with van der Waals surface area (Å²) in [4.78, 5) is 0. The number of allylic oxidation sites excluding steroid dienone is 2. The maximum absolute atomic E-state index is 15.0. The summed E-state index contributed by atoms with van der Waals surface area (Å²) in [5.74, 6) is -0.715. The van der Waals surface area contributed by atoms with Crippen molar-refractivity contribution in [3.63, 3.8) is 0 Å². The summed E-state index contributed by atoms with van der Waals surface area (Å²) in [7, 11) is 0. The summed E-state index contributed by atoms with van der Waals surface area (Å²) < 4.78 is 48.9. The van der Waals surface area contributed by atoms with Crippen molar-refractivity contribution in [2.75, 3.05) is 6.61 Å². The van der Waals surface area contributed by atoms with Crippen molar-refractivity contribution in [1.29, 1.82) is 0 Å². The first-order valence-corrected chi connectivity index (χ1v) is 13.7. The van der Waals surface area contributed by atoms with Gasteiger partial charge in [-0.15, -0.1) is 0 Å². The van der Waals surface area contributed by atoms with Crippen molar-refractivity contribution in [2.45, 2.75) is 65.2 Å². The molecular weight excluding hydrogens is 469 g/mol. The minimum Gasteiger partial charge on any atom is -0.491 e. The lowest BCUT2D eigenvalue weighted by Gasteiger charge is -2.26. The van der Waals surface area contributed by atoms with Crippen LogP contribution < -0.4 is 4.74 Å². The molecule has 4 heteroatoms. The van der Waals surface area contributed by atoms with Gasteiger partial charge in [0.05, 0.1) is 6.61 Å². The molecular formula is C33H37F3O. The van der Waals surface area contributed by atoms with E-state index in [2.05, 4.69) is 19.1 Å². The molecule has 0 N–H and O–H groups in total. The minimum atomic E-state index is -1.00. The van der Waals surface area contributed by atoms with E-state index in [0.717, 1.165) is 24.3 Å². The third-order valence-corrected chi connectivity index (χ3v) is 7.48. The van der Waals surface area contributed by atoms with Gasteiger partial charge in [-0.1, -0.05) is 68.3 Å². The van der Waals surface area contributed by atoms with Crippen LogP contribution in [0.4, 0.5) is 13.2 Å². The van der Waals surface area contributed by atoms with Gasteiger partial charge in [0.25, 0.3) is 0 Å². The first kappa shape index (κ1) is 27.0. The highest BCUT2D eigenvalue weighted by molar-refractivity contribution is 5.71. The van der Waals surface area contributed by atoms with E-state index in [1.54, 1.807) is 43.3 Å². The molecule has 0 unspecified atom stereocenters. The SMILES string of the molecule is CCCC1CCC(/C=C/CCc2ccc(-c3ccc(-c4ccc(OCC)c(F)c4F)cc3)c(F)c2)CC1. The molecule has 0 saturated heterocycles. The average Bonchev–Trinajstić information content (AvgIpc) is 2.91. The Hall–Kier alpha value is -3.01. The van der Waals surface area contributed by atoms with E-state index in [-0.39, 0.29) is 23.7 Å². The Morgan fingerprint density at radius 3 is 2.14 bits per heavy atom. The summed E-state index contributed by atoms with van der Waals surface area (Å²) in [6.07, 6.45) is 14.3. The number of ether oxygens (including phenoxy) is 1. The third kappa shape index (κ3) is 6.85. The lowest BCUT2D eigenvalue weighted by atomic mass is 9.80. The highest BCUT2D eigenvalue weighted by Gasteiger charge is 2.18. The molecule has 0 aromatic heterocycles. The van der Waals surface area contributed by atoms with Crippen LogP contribution in [0.15, 0.2) is 66.7 Å². The molecule has 0 heterocycles. The second kappa shape index (κ2) is 13.0. The molecule has 1 aliphatic carbocycles. The number of hydrogen-bond acceptors (Lipinski definition) is 1. The molecule has 0 radical (unpaired) electrons. The number of benzene rings is 3. The zero-order valence-electron chi connectivity index (χ0n) is 21.9. The normalized spacial score (nSPS) is 17.9. The molecule has 0 spiro atoms. The molecule has 0 amide bonds. The van der Waals surface area contributed by atoms with Crippen LogP contribution in [0.1, 0.15) is 64.4 Å². The first-order chi connectivity index (χ1) is 18.0. The van der Waals surface area contributed by atoms with Crippen molar-refractivity contribution >= 4 is 0 Å². The van der Waals surface area contributed by atoms with E-state index in [1.165, 1.54) is 50.7 Å². The molecule has 3 aromatic rings. The van der Waals surface area contributed by atoms with Gasteiger partial charge in [0, 0.05) is 11.1 Å². The van der Waals surface area contributed by atoms with Gasteiger partial charge in [-0.3, -0.25) is 0 Å². The number of aryl methyl sites for hydroxylation is 1. The fourth-order valence-electron chi connectivity index (χ4n) is 5.42. The van der Waals surface area contributed by atoms with Gasteiger partial charge in [-0.2, -0.15) is 4.39 Å². The van der Waals surface area contributed by atoms with Gasteiger partial charge in [0.15, 0.2) is 11.6 Å². The van der Waals surface area contributed by atoms with Crippen LogP contribution in [0.2, 0.25) is 0 Å². The number of halogens is 3. The standard InChI is InChI=1S/C33H37F3O/c1-3-7-23-10-12-24(13-11-23)8-5-6-9-25-14-19-28(30(34)22-25)26-15-17-27(18-16-26)29-20-21-31(37-4-2)33(36)32(29)35/h5,8,14-24H,3-4,6-7,9-13H2,1-2H3/b8-5+. The predicted molar refractivity (Wildman–Crippen MR) is 146 cm³/mol. The summed E-state index contributed by atoms with van der Waals surface area (Å²) in [6, 6.07) is 15.1. The zero-order chi connectivity index (χ0) is 26.2. The highest BCUT2D eigenvalue weighted by atomic mass is 19.2. The van der Waals surface area contributed by atoms with Gasteiger partial charge < -0.3 is 4.74 Å². The molecule has 37 heavy (non-hydrogen) atoms. The van der Waals surface area contributed by atoms with Gasteiger partial charge in [0.2, 0.25) is 5.82 Å². The summed E-state index contributed by atoms with van der Waals surface area (Å²) in [6.45, 7) is 4.24. The Kier molecular flexibility index (Phi) is 9.49. The van der Waals surface area contributed by atoms with Crippen molar-refractivity contribution in [3.05, 3.63) is 89.8 Å². The average molecular weight is 507 g/mol. The largest absolute Gasteiger partial charge is 0.491 e. The van der Waals surface area contributed by atoms with Crippen LogP contribution in [0.25, 0.3) is 22.3 Å². The van der Waals surface area contributed by atoms with E-state index in [4.69, 9.17) is 4.74 Å². The van der Waals surface area contributed by atoms with Crippen LogP contribution in [0, 0.1) is 29.3 Å². The van der Waals surface area contributed by atoms with Crippen LogP contribution in [0.3, 0.4) is 0 Å². The Bertz CT molecular complexity index is 1190. The molecule has 1 saturated carbocycles. The van der Waals surface area contributed by atoms with Gasteiger partial charge in [-0.25, -0.2) is 8.78 Å². The quantitative estimate of drug-likeness (QED) is 0.249. The predicted octanol–water partition coefficient (Wildman–Crippen LogP) is 9.93. The number of hydrogen-bond donors (Lipinski definition) is 0. The maximum Gasteiger partial charge on any atom is 0.201 e. The van der Waals surface area contributed by atoms with E-state index in [1.807, 2.05) is 6.07 Å². The van der Waals surface area contributed by atoms with Gasteiger partial charge >= 0.3 is 0 Å². The molecule has 196 valence electrons. The fourth-order valence-corrected chi connectivity index (χ4v) is 5.42. The smallest absolute Gasteiger partial charge is 0.201 e. The molecule has 1 nitrogen and oxygen atoms in total. The van der Waals surface area contributed by atoms with E-state index < -0.39 is 11.6 Å². The van der Waals surface area contributed by atoms with Crippen LogP contribution in [-0.4, -0.2) is 6.61 Å². The Morgan fingerprint density at radius 1 is 0.811 bits per heavy atom. The highest BCUT2D eigenvalue weighted by Crippen LogP contribution is 2.33. The zero-order valence-corrected chi connectivity index (χ0v) is 21.9. The molecule has 1 aliphatic rings. The van der Waals surface area contributed by atoms with Crippen molar-refractivity contribution < 1.29 is 17.9 Å². The maximum atomic E-state index is 15.0. The fraction of sp³-hybridized carbons (Fsp3) is 0.394. The van der Waals surface area contributed by atoms with Crippen molar-refractivity contribution in [2.24, 2.45) is 11.8 Å². The van der Waals surface area contributed by atoms with E-state index in [0.29, 0.717) is 22.6 Å². The second-order valence-corrected chi connectivity index (χ2v) is 10.1. The lowest BCUT2D eigenvalue weighted by Crippen LogP contribution is -2.12. The third-order valence-electron chi connectivity index (χ3n) is 7.48. The van der Waals surface area contributed by atoms with E-state index in [9.17, 15) is 13.2 Å². The molecule has 0 aliphatic heterocycles. The Morgan fingerprint density at radius 2 is 1.49 bits per heavy atom. The molecule has 0 atom stereocenters. The van der Waals surface area contributed by atoms with Gasteiger partial charge in [0.1, 0.15) is 5.82 Å². The van der Waals surface area contributed by atoms with Crippen LogP contribution in [-0.2, 0) is 6.42 Å².